The lowest BCUT2D eigenvalue weighted by Crippen LogP contribution is -2.17. The summed E-state index contributed by atoms with van der Waals surface area (Å²) in [5.74, 6) is 0.441. The Morgan fingerprint density at radius 3 is 2.61 bits per heavy atom. The van der Waals surface area contributed by atoms with Gasteiger partial charge in [-0.3, -0.25) is 4.72 Å². The average Bonchev–Trinajstić information content (AvgIpc) is 2.50. The molecule has 0 spiro atoms. The monoisotopic (exact) mass is 397 g/mol. The quantitative estimate of drug-likeness (QED) is 0.724. The van der Waals surface area contributed by atoms with Crippen LogP contribution in [0.2, 0.25) is 0 Å². The first kappa shape index (κ1) is 17.7. The Balaban J connectivity index is 2.05. The van der Waals surface area contributed by atoms with Crippen LogP contribution in [-0.2, 0) is 10.0 Å². The summed E-state index contributed by atoms with van der Waals surface area (Å²) in [6.45, 7) is 3.98. The summed E-state index contributed by atoms with van der Waals surface area (Å²) in [5.41, 5.74) is 2.87. The number of hydrogen-bond donors (Lipinski definition) is 2. The Morgan fingerprint density at radius 2 is 2.00 bits per heavy atom. The molecule has 2 rings (SSSR count). The van der Waals surface area contributed by atoms with E-state index in [1.807, 2.05) is 32.0 Å². The van der Waals surface area contributed by atoms with E-state index in [1.165, 1.54) is 0 Å². The minimum Gasteiger partial charge on any atom is -0.353 e. The Hall–Kier alpha value is -1.60. The van der Waals surface area contributed by atoms with E-state index in [9.17, 15) is 8.42 Å². The van der Waals surface area contributed by atoms with Crippen LogP contribution in [0.5, 0.6) is 0 Å². The fourth-order valence-electron chi connectivity index (χ4n) is 1.95. The second kappa shape index (κ2) is 7.79. The van der Waals surface area contributed by atoms with Crippen molar-refractivity contribution in [3.8, 4) is 0 Å². The predicted molar refractivity (Wildman–Crippen MR) is 98.7 cm³/mol. The summed E-state index contributed by atoms with van der Waals surface area (Å²) in [6, 6.07) is 9.44. The molecule has 2 aromatic rings. The maximum Gasteiger partial charge on any atom is 0.233 e. The molecule has 7 heteroatoms. The third-order valence-electron chi connectivity index (χ3n) is 3.19. The van der Waals surface area contributed by atoms with Gasteiger partial charge in [0.15, 0.2) is 0 Å². The molecule has 1 heterocycles. The Labute approximate surface area is 145 Å². The Kier molecular flexibility index (Phi) is 6.01. The molecule has 0 aliphatic heterocycles. The minimum absolute atomic E-state index is 0.113. The van der Waals surface area contributed by atoms with Gasteiger partial charge in [0.05, 0.1) is 23.3 Å². The topological polar surface area (TPSA) is 71.1 Å². The van der Waals surface area contributed by atoms with Crippen molar-refractivity contribution in [2.45, 2.75) is 26.7 Å². The number of anilines is 3. The van der Waals surface area contributed by atoms with Gasteiger partial charge in [-0.05, 0) is 59.1 Å². The lowest BCUT2D eigenvalue weighted by molar-refractivity contribution is 0.597. The van der Waals surface area contributed by atoms with Crippen LogP contribution in [0.15, 0.2) is 41.0 Å². The van der Waals surface area contributed by atoms with E-state index >= 15 is 0 Å². The third-order valence-corrected chi connectivity index (χ3v) is 5.20. The molecular formula is C16H20BrN3O2S. The number of hydrogen-bond acceptors (Lipinski definition) is 4. The van der Waals surface area contributed by atoms with Gasteiger partial charge in [-0.15, -0.1) is 0 Å². The maximum atomic E-state index is 11.8. The molecule has 5 nitrogen and oxygen atoms in total. The summed E-state index contributed by atoms with van der Waals surface area (Å²) < 4.78 is 27.1. The summed E-state index contributed by atoms with van der Waals surface area (Å²) in [6.07, 6.45) is 3.07. The largest absolute Gasteiger partial charge is 0.353 e. The van der Waals surface area contributed by atoms with E-state index in [2.05, 4.69) is 31.0 Å². The van der Waals surface area contributed by atoms with Crippen molar-refractivity contribution in [3.05, 3.63) is 46.6 Å². The number of aromatic nitrogens is 1. The van der Waals surface area contributed by atoms with E-state index in [0.29, 0.717) is 12.2 Å². The van der Waals surface area contributed by atoms with E-state index in [-0.39, 0.29) is 5.75 Å². The molecular weight excluding hydrogens is 378 g/mol. The second-order valence-electron chi connectivity index (χ2n) is 5.31. The van der Waals surface area contributed by atoms with Crippen LogP contribution >= 0.6 is 15.9 Å². The van der Waals surface area contributed by atoms with Crippen molar-refractivity contribution in [1.29, 1.82) is 0 Å². The zero-order valence-corrected chi connectivity index (χ0v) is 15.5. The van der Waals surface area contributed by atoms with E-state index in [4.69, 9.17) is 0 Å². The van der Waals surface area contributed by atoms with Crippen molar-refractivity contribution >= 4 is 43.1 Å². The van der Waals surface area contributed by atoms with Gasteiger partial charge in [-0.2, -0.15) is 0 Å². The Morgan fingerprint density at radius 1 is 1.22 bits per heavy atom. The highest BCUT2D eigenvalue weighted by Crippen LogP contribution is 2.26. The van der Waals surface area contributed by atoms with Crippen LogP contribution in [0.25, 0.3) is 0 Å². The van der Waals surface area contributed by atoms with Gasteiger partial charge in [0.1, 0.15) is 5.82 Å². The van der Waals surface area contributed by atoms with Crippen LogP contribution in [0.1, 0.15) is 25.3 Å². The van der Waals surface area contributed by atoms with Crippen molar-refractivity contribution in [2.75, 3.05) is 15.8 Å². The molecule has 0 aliphatic carbocycles. The molecule has 0 atom stereocenters. The molecule has 0 aliphatic rings. The number of rotatable bonds is 7. The predicted octanol–water partition coefficient (Wildman–Crippen LogP) is 4.44. The van der Waals surface area contributed by atoms with Crippen LogP contribution in [0.4, 0.5) is 17.2 Å². The van der Waals surface area contributed by atoms with Gasteiger partial charge in [0, 0.05) is 4.47 Å². The molecule has 0 bridgehead atoms. The summed E-state index contributed by atoms with van der Waals surface area (Å²) in [5, 5.41) is 3.24. The number of halogens is 1. The standard InChI is InChI=1S/C16H20BrN3O2S/c1-3-4-9-23(21,22)20-16-8-6-13(11-18-16)19-15-7-5-12(2)10-14(15)17/h5-8,10-11,19H,3-4,9H2,1-2H3,(H,18,20). The average molecular weight is 398 g/mol. The molecule has 0 unspecified atom stereocenters. The maximum absolute atomic E-state index is 11.8. The third kappa shape index (κ3) is 5.51. The van der Waals surface area contributed by atoms with Crippen LogP contribution in [-0.4, -0.2) is 19.2 Å². The Bertz CT molecular complexity index is 761. The normalized spacial score (nSPS) is 11.3. The lowest BCUT2D eigenvalue weighted by atomic mass is 10.2. The zero-order chi connectivity index (χ0) is 16.9. The highest BCUT2D eigenvalue weighted by molar-refractivity contribution is 9.10. The number of aryl methyl sites for hydroxylation is 1. The zero-order valence-electron chi connectivity index (χ0n) is 13.1. The number of benzene rings is 1. The van der Waals surface area contributed by atoms with Gasteiger partial charge in [0.2, 0.25) is 10.0 Å². The van der Waals surface area contributed by atoms with Gasteiger partial charge in [0.25, 0.3) is 0 Å². The molecule has 1 aromatic heterocycles. The molecule has 0 fully saturated rings. The number of nitrogens with one attached hydrogen (secondary N) is 2. The molecule has 0 amide bonds. The molecule has 1 aromatic carbocycles. The molecule has 23 heavy (non-hydrogen) atoms. The van der Waals surface area contributed by atoms with E-state index < -0.39 is 10.0 Å². The molecule has 124 valence electrons. The van der Waals surface area contributed by atoms with Crippen molar-refractivity contribution in [1.82, 2.24) is 4.98 Å². The highest BCUT2D eigenvalue weighted by atomic mass is 79.9. The second-order valence-corrected chi connectivity index (χ2v) is 8.01. The van der Waals surface area contributed by atoms with Crippen LogP contribution in [0, 0.1) is 6.92 Å². The number of sulfonamides is 1. The van der Waals surface area contributed by atoms with Crippen LogP contribution in [0.3, 0.4) is 0 Å². The first-order chi connectivity index (χ1) is 10.9. The molecule has 2 N–H and O–H groups in total. The van der Waals surface area contributed by atoms with E-state index in [0.717, 1.165) is 27.8 Å². The number of nitrogens with zero attached hydrogens (tertiary/aromatic N) is 1. The van der Waals surface area contributed by atoms with Crippen molar-refractivity contribution < 1.29 is 8.42 Å². The summed E-state index contributed by atoms with van der Waals surface area (Å²) in [7, 11) is -3.32. The lowest BCUT2D eigenvalue weighted by Gasteiger charge is -2.10. The molecule has 0 radical (unpaired) electrons. The first-order valence-corrected chi connectivity index (χ1v) is 9.84. The fraction of sp³-hybridized carbons (Fsp3) is 0.312. The van der Waals surface area contributed by atoms with Crippen molar-refractivity contribution in [3.63, 3.8) is 0 Å². The van der Waals surface area contributed by atoms with Gasteiger partial charge in [-0.25, -0.2) is 13.4 Å². The number of unbranched alkanes of at least 4 members (excludes halogenated alkanes) is 1. The van der Waals surface area contributed by atoms with Crippen LogP contribution < -0.4 is 10.0 Å². The molecule has 0 saturated heterocycles. The van der Waals surface area contributed by atoms with Crippen molar-refractivity contribution in [2.24, 2.45) is 0 Å². The van der Waals surface area contributed by atoms with Gasteiger partial charge < -0.3 is 5.32 Å². The first-order valence-electron chi connectivity index (χ1n) is 7.39. The number of pyridine rings is 1. The summed E-state index contributed by atoms with van der Waals surface area (Å²) >= 11 is 3.51. The van der Waals surface area contributed by atoms with E-state index in [1.54, 1.807) is 18.3 Å². The molecule has 0 saturated carbocycles. The smallest absolute Gasteiger partial charge is 0.233 e. The summed E-state index contributed by atoms with van der Waals surface area (Å²) in [4.78, 5) is 4.15. The fourth-order valence-corrected chi connectivity index (χ4v) is 3.75. The van der Waals surface area contributed by atoms with Gasteiger partial charge in [-0.1, -0.05) is 19.4 Å². The minimum atomic E-state index is -3.32. The SMILES string of the molecule is CCCCS(=O)(=O)Nc1ccc(Nc2ccc(C)cc2Br)cn1. The van der Waals surface area contributed by atoms with Gasteiger partial charge >= 0.3 is 0 Å². The highest BCUT2D eigenvalue weighted by Gasteiger charge is 2.10.